The number of benzene rings is 1. The van der Waals surface area contributed by atoms with Crippen LogP contribution < -0.4 is 10.6 Å². The molecule has 3 aromatic rings. The first-order chi connectivity index (χ1) is 12.0. The van der Waals surface area contributed by atoms with Crippen molar-refractivity contribution >= 4 is 46.1 Å². The van der Waals surface area contributed by atoms with Crippen LogP contribution in [-0.4, -0.2) is 26.8 Å². The molecule has 0 fully saturated rings. The van der Waals surface area contributed by atoms with E-state index < -0.39 is 5.91 Å². The van der Waals surface area contributed by atoms with Crippen LogP contribution in [0.15, 0.2) is 42.0 Å². The average molecular weight is 374 g/mol. The third kappa shape index (κ3) is 4.17. The number of nitrogens with zero attached hydrogens (tertiary/aromatic N) is 3. The molecule has 2 amide bonds. The summed E-state index contributed by atoms with van der Waals surface area (Å²) in [6, 6.07) is 6.49. The van der Waals surface area contributed by atoms with Gasteiger partial charge in [0.1, 0.15) is 5.69 Å². The molecule has 25 heavy (non-hydrogen) atoms. The summed E-state index contributed by atoms with van der Waals surface area (Å²) in [7, 11) is 0. The monoisotopic (exact) mass is 373 g/mol. The van der Waals surface area contributed by atoms with E-state index in [1.807, 2.05) is 0 Å². The molecule has 0 atom stereocenters. The molecule has 0 aliphatic rings. The van der Waals surface area contributed by atoms with E-state index in [0.29, 0.717) is 27.2 Å². The number of hydrogen-bond acceptors (Lipinski definition) is 6. The third-order valence-corrected chi connectivity index (χ3v) is 4.11. The lowest BCUT2D eigenvalue weighted by molar-refractivity contribution is -0.114. The van der Waals surface area contributed by atoms with E-state index in [1.165, 1.54) is 18.3 Å². The first-order valence-electron chi connectivity index (χ1n) is 7.14. The Hall–Kier alpha value is -2.84. The molecule has 2 heterocycles. The van der Waals surface area contributed by atoms with Gasteiger partial charge in [0, 0.05) is 29.7 Å². The van der Waals surface area contributed by atoms with Crippen LogP contribution in [-0.2, 0) is 4.79 Å². The van der Waals surface area contributed by atoms with Crippen LogP contribution in [0, 0.1) is 0 Å². The standard InChI is InChI=1S/C16H12ClN5O2S/c1-9(23)20-11-4-3-10(17)7-12(11)21-15(24)13-8-25-16(22-13)14-18-5-2-6-19-14/h2-8H,1H3,(H,20,23)(H,21,24). The van der Waals surface area contributed by atoms with Crippen molar-refractivity contribution < 1.29 is 9.59 Å². The number of aromatic nitrogens is 3. The molecule has 0 aliphatic carbocycles. The van der Waals surface area contributed by atoms with Crippen LogP contribution in [0.4, 0.5) is 11.4 Å². The lowest BCUT2D eigenvalue weighted by atomic mass is 10.2. The molecule has 126 valence electrons. The Kier molecular flexibility index (Phi) is 5.01. The zero-order chi connectivity index (χ0) is 17.8. The van der Waals surface area contributed by atoms with Crippen LogP contribution >= 0.6 is 22.9 Å². The summed E-state index contributed by atoms with van der Waals surface area (Å²) >= 11 is 7.24. The summed E-state index contributed by atoms with van der Waals surface area (Å²) in [6.45, 7) is 1.38. The minimum Gasteiger partial charge on any atom is -0.325 e. The Bertz CT molecular complexity index is 929. The van der Waals surface area contributed by atoms with Crippen LogP contribution in [0.1, 0.15) is 17.4 Å². The molecule has 0 saturated carbocycles. The molecular weight excluding hydrogens is 362 g/mol. The molecule has 0 saturated heterocycles. The van der Waals surface area contributed by atoms with E-state index in [2.05, 4.69) is 25.6 Å². The Labute approximate surface area is 152 Å². The highest BCUT2D eigenvalue weighted by molar-refractivity contribution is 7.13. The lowest BCUT2D eigenvalue weighted by Gasteiger charge is -2.11. The molecule has 0 aliphatic heterocycles. The predicted molar refractivity (Wildman–Crippen MR) is 96.8 cm³/mol. The smallest absolute Gasteiger partial charge is 0.275 e. The first kappa shape index (κ1) is 17.0. The van der Waals surface area contributed by atoms with Gasteiger partial charge in [-0.05, 0) is 24.3 Å². The number of carbonyl (C=O) groups is 2. The van der Waals surface area contributed by atoms with Gasteiger partial charge in [0.25, 0.3) is 5.91 Å². The topological polar surface area (TPSA) is 96.9 Å². The van der Waals surface area contributed by atoms with Gasteiger partial charge >= 0.3 is 0 Å². The van der Waals surface area contributed by atoms with Crippen molar-refractivity contribution in [3.05, 3.63) is 52.8 Å². The largest absolute Gasteiger partial charge is 0.325 e. The Morgan fingerprint density at radius 2 is 1.88 bits per heavy atom. The Morgan fingerprint density at radius 1 is 1.12 bits per heavy atom. The maximum atomic E-state index is 12.4. The minimum absolute atomic E-state index is 0.223. The maximum Gasteiger partial charge on any atom is 0.275 e. The van der Waals surface area contributed by atoms with E-state index >= 15 is 0 Å². The van der Waals surface area contributed by atoms with Gasteiger partial charge in [-0.15, -0.1) is 11.3 Å². The van der Waals surface area contributed by atoms with Crippen molar-refractivity contribution in [1.29, 1.82) is 0 Å². The first-order valence-corrected chi connectivity index (χ1v) is 8.40. The molecule has 9 heteroatoms. The summed E-state index contributed by atoms with van der Waals surface area (Å²) in [5.74, 6) is -0.226. The minimum atomic E-state index is -0.424. The Morgan fingerprint density at radius 3 is 2.60 bits per heavy atom. The molecule has 0 unspecified atom stereocenters. The second-order valence-corrected chi connectivity index (χ2v) is 6.23. The van der Waals surface area contributed by atoms with E-state index in [-0.39, 0.29) is 11.6 Å². The summed E-state index contributed by atoms with van der Waals surface area (Å²) < 4.78 is 0. The molecule has 0 spiro atoms. The van der Waals surface area contributed by atoms with Gasteiger partial charge in [0.2, 0.25) is 5.91 Å². The number of carbonyl (C=O) groups excluding carboxylic acids is 2. The maximum absolute atomic E-state index is 12.4. The highest BCUT2D eigenvalue weighted by Crippen LogP contribution is 2.27. The predicted octanol–water partition coefficient (Wildman–Crippen LogP) is 3.46. The molecule has 3 rings (SSSR count). The number of anilines is 2. The van der Waals surface area contributed by atoms with Crippen molar-refractivity contribution in [3.8, 4) is 10.8 Å². The zero-order valence-corrected chi connectivity index (χ0v) is 14.6. The lowest BCUT2D eigenvalue weighted by Crippen LogP contribution is -2.15. The highest BCUT2D eigenvalue weighted by Gasteiger charge is 2.15. The highest BCUT2D eigenvalue weighted by atomic mass is 35.5. The van der Waals surface area contributed by atoms with Gasteiger partial charge in [-0.25, -0.2) is 15.0 Å². The van der Waals surface area contributed by atoms with Gasteiger partial charge in [0.05, 0.1) is 11.4 Å². The zero-order valence-electron chi connectivity index (χ0n) is 13.0. The molecule has 2 N–H and O–H groups in total. The van der Waals surface area contributed by atoms with E-state index in [9.17, 15) is 9.59 Å². The van der Waals surface area contributed by atoms with Crippen molar-refractivity contribution in [2.75, 3.05) is 10.6 Å². The van der Waals surface area contributed by atoms with Crippen molar-refractivity contribution in [2.45, 2.75) is 6.92 Å². The number of rotatable bonds is 4. The molecule has 0 radical (unpaired) electrons. The summed E-state index contributed by atoms with van der Waals surface area (Å²) in [6.07, 6.45) is 3.21. The van der Waals surface area contributed by atoms with Crippen LogP contribution in [0.5, 0.6) is 0 Å². The summed E-state index contributed by atoms with van der Waals surface area (Å²) in [4.78, 5) is 36.2. The number of thiazole rings is 1. The normalized spacial score (nSPS) is 10.3. The van der Waals surface area contributed by atoms with Crippen LogP contribution in [0.25, 0.3) is 10.8 Å². The van der Waals surface area contributed by atoms with E-state index in [0.717, 1.165) is 0 Å². The fourth-order valence-electron chi connectivity index (χ4n) is 2.00. The summed E-state index contributed by atoms with van der Waals surface area (Å²) in [5.41, 5.74) is 1.06. The second-order valence-electron chi connectivity index (χ2n) is 4.94. The quantitative estimate of drug-likeness (QED) is 0.729. The molecule has 0 bridgehead atoms. The molecular formula is C16H12ClN5O2S. The number of hydrogen-bond donors (Lipinski definition) is 2. The Balaban J connectivity index is 1.82. The average Bonchev–Trinajstić information content (AvgIpc) is 3.08. The van der Waals surface area contributed by atoms with Crippen LogP contribution in [0.3, 0.4) is 0 Å². The number of amides is 2. The molecule has 2 aromatic heterocycles. The van der Waals surface area contributed by atoms with Crippen LogP contribution in [0.2, 0.25) is 5.02 Å². The third-order valence-electron chi connectivity index (χ3n) is 3.03. The summed E-state index contributed by atoms with van der Waals surface area (Å²) in [5, 5.41) is 7.93. The van der Waals surface area contributed by atoms with E-state index in [1.54, 1.807) is 42.0 Å². The fraction of sp³-hybridized carbons (Fsp3) is 0.0625. The van der Waals surface area contributed by atoms with Crippen molar-refractivity contribution in [3.63, 3.8) is 0 Å². The number of nitrogens with one attached hydrogen (secondary N) is 2. The van der Waals surface area contributed by atoms with Gasteiger partial charge < -0.3 is 10.6 Å². The van der Waals surface area contributed by atoms with Gasteiger partial charge in [0.15, 0.2) is 10.8 Å². The molecule has 1 aromatic carbocycles. The van der Waals surface area contributed by atoms with Crippen molar-refractivity contribution in [2.24, 2.45) is 0 Å². The SMILES string of the molecule is CC(=O)Nc1ccc(Cl)cc1NC(=O)c1csc(-c2ncccn2)n1. The van der Waals surface area contributed by atoms with Gasteiger partial charge in [-0.3, -0.25) is 9.59 Å². The van der Waals surface area contributed by atoms with Gasteiger partial charge in [-0.1, -0.05) is 11.6 Å². The fourth-order valence-corrected chi connectivity index (χ4v) is 2.91. The van der Waals surface area contributed by atoms with E-state index in [4.69, 9.17) is 11.6 Å². The second kappa shape index (κ2) is 7.37. The van der Waals surface area contributed by atoms with Crippen molar-refractivity contribution in [1.82, 2.24) is 15.0 Å². The number of halogens is 1. The molecule has 7 nitrogen and oxygen atoms in total. The van der Waals surface area contributed by atoms with Gasteiger partial charge in [-0.2, -0.15) is 0 Å².